The van der Waals surface area contributed by atoms with E-state index in [1.165, 1.54) is 11.0 Å². The van der Waals surface area contributed by atoms with Crippen molar-refractivity contribution in [3.63, 3.8) is 0 Å². The molecule has 2 aliphatic rings. The molecule has 0 radical (unpaired) electrons. The lowest BCUT2D eigenvalue weighted by atomic mass is 9.97. The molecule has 2 saturated heterocycles. The fourth-order valence-electron chi connectivity index (χ4n) is 4.44. The zero-order valence-electron chi connectivity index (χ0n) is 18.1. The van der Waals surface area contributed by atoms with Crippen molar-refractivity contribution in [2.75, 3.05) is 29.9 Å². The second-order valence-corrected chi connectivity index (χ2v) is 8.66. The molecule has 4 rings (SSSR count). The number of carbonyl (C=O) groups excluding carboxylic acids is 3. The zero-order chi connectivity index (χ0) is 23.5. The van der Waals surface area contributed by atoms with E-state index < -0.39 is 17.6 Å². The first-order valence-electron chi connectivity index (χ1n) is 11.0. The highest BCUT2D eigenvalue weighted by Gasteiger charge is 2.36. The standard InChI is InChI=1S/C24H26F2N4O3/c25-18-5-8-21(20(26)11-18)30-14-17(10-22(30)31)24(33)28-19-6-3-15(4-7-19)12-29-9-1-2-16(13-29)23(27)32/h3-8,11,16-17H,1-2,9-10,12-14H2,(H2,27,32)(H,28,33). The highest BCUT2D eigenvalue weighted by Crippen LogP contribution is 2.29. The first-order chi connectivity index (χ1) is 15.8. The number of benzene rings is 2. The molecule has 7 nitrogen and oxygen atoms in total. The number of carbonyl (C=O) groups is 3. The third kappa shape index (κ3) is 5.36. The molecule has 2 heterocycles. The van der Waals surface area contributed by atoms with Gasteiger partial charge in [0.05, 0.1) is 17.5 Å². The number of hydrogen-bond donors (Lipinski definition) is 2. The van der Waals surface area contributed by atoms with Crippen LogP contribution in [0.1, 0.15) is 24.8 Å². The van der Waals surface area contributed by atoms with E-state index in [1.54, 1.807) is 12.1 Å². The number of primary amides is 1. The summed E-state index contributed by atoms with van der Waals surface area (Å²) >= 11 is 0. The fourth-order valence-corrected chi connectivity index (χ4v) is 4.44. The van der Waals surface area contributed by atoms with Crippen LogP contribution in [0.25, 0.3) is 0 Å². The third-order valence-electron chi connectivity index (χ3n) is 6.23. The van der Waals surface area contributed by atoms with Gasteiger partial charge in [0.15, 0.2) is 0 Å². The van der Waals surface area contributed by atoms with Gasteiger partial charge in [0, 0.05) is 37.8 Å². The van der Waals surface area contributed by atoms with Gasteiger partial charge in [-0.25, -0.2) is 8.78 Å². The molecule has 2 aromatic rings. The van der Waals surface area contributed by atoms with Crippen molar-refractivity contribution < 1.29 is 23.2 Å². The van der Waals surface area contributed by atoms with E-state index in [-0.39, 0.29) is 42.3 Å². The van der Waals surface area contributed by atoms with Crippen LogP contribution in [0.15, 0.2) is 42.5 Å². The number of anilines is 2. The Labute approximate surface area is 190 Å². The van der Waals surface area contributed by atoms with Gasteiger partial charge in [-0.1, -0.05) is 12.1 Å². The van der Waals surface area contributed by atoms with Gasteiger partial charge in [0.25, 0.3) is 0 Å². The van der Waals surface area contributed by atoms with Crippen molar-refractivity contribution in [1.82, 2.24) is 4.90 Å². The minimum absolute atomic E-state index is 0.0291. The SMILES string of the molecule is NC(=O)C1CCCN(Cc2ccc(NC(=O)C3CC(=O)N(c4ccc(F)cc4F)C3)cc2)C1. The smallest absolute Gasteiger partial charge is 0.229 e. The molecule has 2 unspecified atom stereocenters. The van der Waals surface area contributed by atoms with E-state index in [9.17, 15) is 23.2 Å². The lowest BCUT2D eigenvalue weighted by Gasteiger charge is -2.31. The predicted octanol–water partition coefficient (Wildman–Crippen LogP) is 2.65. The number of halogens is 2. The van der Waals surface area contributed by atoms with Gasteiger partial charge in [-0.3, -0.25) is 19.3 Å². The summed E-state index contributed by atoms with van der Waals surface area (Å²) < 4.78 is 27.2. The Bertz CT molecular complexity index is 1060. The predicted molar refractivity (Wildman–Crippen MR) is 119 cm³/mol. The molecule has 33 heavy (non-hydrogen) atoms. The van der Waals surface area contributed by atoms with Gasteiger partial charge in [0.2, 0.25) is 17.7 Å². The summed E-state index contributed by atoms with van der Waals surface area (Å²) in [4.78, 5) is 39.8. The Balaban J connectivity index is 1.33. The van der Waals surface area contributed by atoms with Crippen molar-refractivity contribution in [1.29, 1.82) is 0 Å². The first-order valence-corrected chi connectivity index (χ1v) is 11.0. The van der Waals surface area contributed by atoms with Crippen LogP contribution in [0.5, 0.6) is 0 Å². The maximum atomic E-state index is 14.1. The van der Waals surface area contributed by atoms with Crippen LogP contribution in [-0.4, -0.2) is 42.3 Å². The quantitative estimate of drug-likeness (QED) is 0.699. The third-order valence-corrected chi connectivity index (χ3v) is 6.23. The van der Waals surface area contributed by atoms with Crippen LogP contribution < -0.4 is 16.0 Å². The molecule has 3 N–H and O–H groups in total. The molecular weight excluding hydrogens is 430 g/mol. The van der Waals surface area contributed by atoms with Crippen molar-refractivity contribution in [3.8, 4) is 0 Å². The second-order valence-electron chi connectivity index (χ2n) is 8.66. The molecule has 0 aliphatic carbocycles. The van der Waals surface area contributed by atoms with E-state index >= 15 is 0 Å². The maximum absolute atomic E-state index is 14.1. The van der Waals surface area contributed by atoms with Crippen LogP contribution in [0, 0.1) is 23.5 Å². The van der Waals surface area contributed by atoms with Crippen LogP contribution in [0.2, 0.25) is 0 Å². The molecule has 0 spiro atoms. The van der Waals surface area contributed by atoms with Gasteiger partial charge in [0.1, 0.15) is 11.6 Å². The molecule has 0 aromatic heterocycles. The Morgan fingerprint density at radius 2 is 1.82 bits per heavy atom. The molecular formula is C24H26F2N4O3. The average Bonchev–Trinajstić information content (AvgIpc) is 3.17. The van der Waals surface area contributed by atoms with Crippen molar-refractivity contribution in [3.05, 3.63) is 59.7 Å². The topological polar surface area (TPSA) is 95.7 Å². The van der Waals surface area contributed by atoms with Gasteiger partial charge in [-0.05, 0) is 49.2 Å². The fraction of sp³-hybridized carbons (Fsp3) is 0.375. The Morgan fingerprint density at radius 1 is 1.06 bits per heavy atom. The number of hydrogen-bond acceptors (Lipinski definition) is 4. The van der Waals surface area contributed by atoms with Crippen molar-refractivity contribution in [2.45, 2.75) is 25.8 Å². The zero-order valence-corrected chi connectivity index (χ0v) is 18.1. The molecule has 3 amide bonds. The molecule has 2 aliphatic heterocycles. The molecule has 2 aromatic carbocycles. The van der Waals surface area contributed by atoms with Crippen LogP contribution in [0.4, 0.5) is 20.2 Å². The number of piperidine rings is 1. The maximum Gasteiger partial charge on any atom is 0.229 e. The monoisotopic (exact) mass is 456 g/mol. The van der Waals surface area contributed by atoms with E-state index in [4.69, 9.17) is 5.73 Å². The van der Waals surface area contributed by atoms with E-state index in [2.05, 4.69) is 10.2 Å². The Kier molecular flexibility index (Phi) is 6.69. The molecule has 0 saturated carbocycles. The van der Waals surface area contributed by atoms with E-state index in [0.29, 0.717) is 18.8 Å². The van der Waals surface area contributed by atoms with E-state index in [1.807, 2.05) is 12.1 Å². The average molecular weight is 456 g/mol. The van der Waals surface area contributed by atoms with Gasteiger partial charge in [-0.2, -0.15) is 0 Å². The Hall–Kier alpha value is -3.33. The van der Waals surface area contributed by atoms with Gasteiger partial charge < -0.3 is 16.0 Å². The summed E-state index contributed by atoms with van der Waals surface area (Å²) in [6.45, 7) is 2.27. The summed E-state index contributed by atoms with van der Waals surface area (Å²) in [6.07, 6.45) is 1.71. The number of nitrogens with one attached hydrogen (secondary N) is 1. The molecule has 2 atom stereocenters. The minimum Gasteiger partial charge on any atom is -0.369 e. The second kappa shape index (κ2) is 9.66. The first kappa shape index (κ1) is 22.8. The van der Waals surface area contributed by atoms with E-state index in [0.717, 1.165) is 37.1 Å². The molecule has 174 valence electrons. The minimum atomic E-state index is -0.837. The molecule has 0 bridgehead atoms. The Morgan fingerprint density at radius 3 is 2.52 bits per heavy atom. The summed E-state index contributed by atoms with van der Waals surface area (Å²) in [5, 5.41) is 2.81. The van der Waals surface area contributed by atoms with Crippen LogP contribution in [0.3, 0.4) is 0 Å². The highest BCUT2D eigenvalue weighted by molar-refractivity contribution is 6.03. The van der Waals surface area contributed by atoms with Gasteiger partial charge in [-0.15, -0.1) is 0 Å². The largest absolute Gasteiger partial charge is 0.369 e. The van der Waals surface area contributed by atoms with Crippen LogP contribution >= 0.6 is 0 Å². The number of nitrogens with two attached hydrogens (primary N) is 1. The lowest BCUT2D eigenvalue weighted by Crippen LogP contribution is -2.40. The summed E-state index contributed by atoms with van der Waals surface area (Å²) in [7, 11) is 0. The number of nitrogens with zero attached hydrogens (tertiary/aromatic N) is 2. The van der Waals surface area contributed by atoms with Crippen molar-refractivity contribution in [2.24, 2.45) is 17.6 Å². The van der Waals surface area contributed by atoms with Crippen LogP contribution in [-0.2, 0) is 20.9 Å². The summed E-state index contributed by atoms with van der Waals surface area (Å²) in [6, 6.07) is 10.4. The van der Waals surface area contributed by atoms with Gasteiger partial charge >= 0.3 is 0 Å². The molecule has 2 fully saturated rings. The number of rotatable bonds is 6. The van der Waals surface area contributed by atoms with Crippen molar-refractivity contribution >= 4 is 29.1 Å². The lowest BCUT2D eigenvalue weighted by molar-refractivity contribution is -0.123. The molecule has 9 heteroatoms. The summed E-state index contributed by atoms with van der Waals surface area (Å²) in [5.74, 6) is -3.29. The number of likely N-dealkylation sites (tertiary alicyclic amines) is 1. The summed E-state index contributed by atoms with van der Waals surface area (Å²) in [5.41, 5.74) is 7.05. The highest BCUT2D eigenvalue weighted by atomic mass is 19.1. The normalized spacial score (nSPS) is 21.3. The number of amides is 3.